The fourth-order valence-corrected chi connectivity index (χ4v) is 2.89. The summed E-state index contributed by atoms with van der Waals surface area (Å²) >= 11 is 0. The lowest BCUT2D eigenvalue weighted by Crippen LogP contribution is -2.34. The number of hydrogen-bond donors (Lipinski definition) is 3. The van der Waals surface area contributed by atoms with Crippen LogP contribution in [-0.4, -0.2) is 22.3 Å². The number of urea groups is 1. The van der Waals surface area contributed by atoms with Crippen molar-refractivity contribution >= 4 is 22.8 Å². The van der Waals surface area contributed by atoms with Crippen LogP contribution in [0.25, 0.3) is 10.9 Å². The molecule has 0 aliphatic rings. The Kier molecular flexibility index (Phi) is 6.24. The molecule has 1 aromatic heterocycles. The summed E-state index contributed by atoms with van der Waals surface area (Å²) in [6, 6.07) is 5.20. The molecule has 0 unspecified atom stereocenters. The van der Waals surface area contributed by atoms with Gasteiger partial charge in [0.2, 0.25) is 0 Å². The molecule has 0 spiro atoms. The SMILES string of the molecule is CC(C)NC(=O)Nc1n[nH]c2ccc(OCc3ccc(C(F)(F)F)cc3C(F)(F)F)cc12. The van der Waals surface area contributed by atoms with Crippen LogP contribution in [0.1, 0.15) is 30.5 Å². The van der Waals surface area contributed by atoms with E-state index in [0.717, 1.165) is 6.07 Å². The lowest BCUT2D eigenvalue weighted by Gasteiger charge is -2.16. The highest BCUT2D eigenvalue weighted by Gasteiger charge is 2.38. The Morgan fingerprint density at radius 1 is 1.06 bits per heavy atom. The highest BCUT2D eigenvalue weighted by molar-refractivity contribution is 5.99. The largest absolute Gasteiger partial charge is 0.489 e. The molecule has 0 atom stereocenters. The van der Waals surface area contributed by atoms with Gasteiger partial charge in [-0.2, -0.15) is 31.4 Å². The lowest BCUT2D eigenvalue weighted by atomic mass is 10.0. The maximum Gasteiger partial charge on any atom is 0.416 e. The standard InChI is InChI=1S/C20H18F6N4O2/c1-10(2)27-18(31)28-17-14-8-13(5-6-16(14)29-30-17)32-9-11-3-4-12(19(21,22)23)7-15(11)20(24,25)26/h3-8,10H,9H2,1-2H3,(H3,27,28,29,30,31). The Hall–Kier alpha value is -3.44. The van der Waals surface area contributed by atoms with Crippen molar-refractivity contribution < 1.29 is 35.9 Å². The van der Waals surface area contributed by atoms with Crippen molar-refractivity contribution in [2.24, 2.45) is 0 Å². The molecule has 1 heterocycles. The van der Waals surface area contributed by atoms with E-state index in [1.165, 1.54) is 12.1 Å². The second kappa shape index (κ2) is 8.60. The Labute approximate surface area is 177 Å². The third-order valence-corrected chi connectivity index (χ3v) is 4.32. The molecule has 0 bridgehead atoms. The van der Waals surface area contributed by atoms with Gasteiger partial charge in [-0.05, 0) is 44.2 Å². The number of amides is 2. The average molecular weight is 460 g/mol. The Morgan fingerprint density at radius 3 is 2.41 bits per heavy atom. The molecule has 0 saturated carbocycles. The molecule has 3 rings (SSSR count). The van der Waals surface area contributed by atoms with Crippen LogP contribution in [0.5, 0.6) is 5.75 Å². The number of aromatic amines is 1. The number of fused-ring (bicyclic) bond motifs is 1. The number of anilines is 1. The van der Waals surface area contributed by atoms with Gasteiger partial charge in [-0.25, -0.2) is 4.79 Å². The summed E-state index contributed by atoms with van der Waals surface area (Å²) < 4.78 is 83.7. The zero-order valence-electron chi connectivity index (χ0n) is 16.8. The molecular formula is C20H18F6N4O2. The zero-order valence-corrected chi connectivity index (χ0v) is 16.8. The number of carbonyl (C=O) groups is 1. The van der Waals surface area contributed by atoms with E-state index in [0.29, 0.717) is 17.0 Å². The van der Waals surface area contributed by atoms with Crippen molar-refractivity contribution in [3.8, 4) is 5.75 Å². The van der Waals surface area contributed by atoms with Crippen molar-refractivity contribution in [2.75, 3.05) is 5.32 Å². The smallest absolute Gasteiger partial charge is 0.416 e. The predicted molar refractivity (Wildman–Crippen MR) is 104 cm³/mol. The molecule has 0 fully saturated rings. The van der Waals surface area contributed by atoms with Crippen LogP contribution >= 0.6 is 0 Å². The summed E-state index contributed by atoms with van der Waals surface area (Å²) in [6.07, 6.45) is -9.90. The summed E-state index contributed by atoms with van der Waals surface area (Å²) in [6.45, 7) is 2.92. The summed E-state index contributed by atoms with van der Waals surface area (Å²) in [4.78, 5) is 11.9. The number of aromatic nitrogens is 2. The number of benzene rings is 2. The van der Waals surface area contributed by atoms with Gasteiger partial charge >= 0.3 is 18.4 Å². The molecule has 0 saturated heterocycles. The van der Waals surface area contributed by atoms with Crippen LogP contribution in [0.4, 0.5) is 37.0 Å². The van der Waals surface area contributed by atoms with Crippen LogP contribution in [0, 0.1) is 0 Å². The van der Waals surface area contributed by atoms with Crippen LogP contribution in [0.2, 0.25) is 0 Å². The van der Waals surface area contributed by atoms with Crippen LogP contribution in [-0.2, 0) is 19.0 Å². The summed E-state index contributed by atoms with van der Waals surface area (Å²) in [5, 5.41) is 12.3. The first kappa shape index (κ1) is 23.2. The van der Waals surface area contributed by atoms with Gasteiger partial charge in [0.15, 0.2) is 5.82 Å². The molecule has 0 aliphatic carbocycles. The number of nitrogens with zero attached hydrogens (tertiary/aromatic N) is 1. The molecule has 2 aromatic carbocycles. The second-order valence-corrected chi connectivity index (χ2v) is 7.19. The van der Waals surface area contributed by atoms with Crippen LogP contribution < -0.4 is 15.4 Å². The Balaban J connectivity index is 1.83. The van der Waals surface area contributed by atoms with E-state index in [2.05, 4.69) is 20.8 Å². The van der Waals surface area contributed by atoms with Crippen LogP contribution in [0.3, 0.4) is 0 Å². The summed E-state index contributed by atoms with van der Waals surface area (Å²) in [7, 11) is 0. The van der Waals surface area contributed by atoms with Crippen molar-refractivity contribution in [3.63, 3.8) is 0 Å². The van der Waals surface area contributed by atoms with E-state index in [-0.39, 0.29) is 23.7 Å². The van der Waals surface area contributed by atoms with Gasteiger partial charge in [-0.3, -0.25) is 10.4 Å². The van der Waals surface area contributed by atoms with Gasteiger partial charge in [-0.1, -0.05) is 6.07 Å². The molecule has 2 amide bonds. The zero-order chi connectivity index (χ0) is 23.7. The van der Waals surface area contributed by atoms with Gasteiger partial charge < -0.3 is 10.1 Å². The fraction of sp³-hybridized carbons (Fsp3) is 0.300. The van der Waals surface area contributed by atoms with E-state index in [1.807, 2.05) is 0 Å². The van der Waals surface area contributed by atoms with E-state index >= 15 is 0 Å². The van der Waals surface area contributed by atoms with Crippen molar-refractivity contribution in [1.29, 1.82) is 0 Å². The number of carbonyl (C=O) groups excluding carboxylic acids is 1. The second-order valence-electron chi connectivity index (χ2n) is 7.19. The Bertz CT molecular complexity index is 1120. The molecule has 0 aliphatic heterocycles. The number of hydrogen-bond acceptors (Lipinski definition) is 3. The number of ether oxygens (including phenoxy) is 1. The van der Waals surface area contributed by atoms with Crippen molar-refractivity contribution in [2.45, 2.75) is 38.8 Å². The maximum atomic E-state index is 13.3. The van der Waals surface area contributed by atoms with Gasteiger partial charge in [0.25, 0.3) is 0 Å². The number of halogens is 6. The molecule has 3 N–H and O–H groups in total. The van der Waals surface area contributed by atoms with Gasteiger partial charge in [0, 0.05) is 17.0 Å². The van der Waals surface area contributed by atoms with E-state index in [4.69, 9.17) is 4.74 Å². The molecule has 12 heteroatoms. The minimum absolute atomic E-state index is 0.0628. The lowest BCUT2D eigenvalue weighted by molar-refractivity contribution is -0.143. The monoisotopic (exact) mass is 460 g/mol. The number of rotatable bonds is 5. The molecule has 3 aromatic rings. The van der Waals surface area contributed by atoms with Crippen LogP contribution in [0.15, 0.2) is 36.4 Å². The highest BCUT2D eigenvalue weighted by atomic mass is 19.4. The predicted octanol–water partition coefficient (Wildman–Crippen LogP) is 5.71. The first-order valence-electron chi connectivity index (χ1n) is 9.30. The normalized spacial score (nSPS) is 12.3. The van der Waals surface area contributed by atoms with E-state index in [9.17, 15) is 31.1 Å². The minimum atomic E-state index is -4.99. The van der Waals surface area contributed by atoms with Gasteiger partial charge in [0.1, 0.15) is 12.4 Å². The third kappa shape index (κ3) is 5.42. The van der Waals surface area contributed by atoms with E-state index < -0.39 is 41.7 Å². The van der Waals surface area contributed by atoms with Crippen molar-refractivity contribution in [1.82, 2.24) is 15.5 Å². The van der Waals surface area contributed by atoms with E-state index in [1.54, 1.807) is 19.9 Å². The number of alkyl halides is 6. The molecule has 32 heavy (non-hydrogen) atoms. The molecule has 6 nitrogen and oxygen atoms in total. The fourth-order valence-electron chi connectivity index (χ4n) is 2.89. The van der Waals surface area contributed by atoms with Gasteiger partial charge in [0.05, 0.1) is 16.6 Å². The molecule has 172 valence electrons. The summed E-state index contributed by atoms with van der Waals surface area (Å²) in [5.41, 5.74) is -2.75. The topological polar surface area (TPSA) is 79.0 Å². The average Bonchev–Trinajstić information content (AvgIpc) is 3.06. The minimum Gasteiger partial charge on any atom is -0.489 e. The van der Waals surface area contributed by atoms with Gasteiger partial charge in [-0.15, -0.1) is 0 Å². The number of nitrogens with one attached hydrogen (secondary N) is 3. The number of H-pyrrole nitrogens is 1. The first-order valence-corrected chi connectivity index (χ1v) is 9.30. The Morgan fingerprint density at radius 2 is 1.78 bits per heavy atom. The molecule has 0 radical (unpaired) electrons. The highest BCUT2D eigenvalue weighted by Crippen LogP contribution is 2.37. The summed E-state index contributed by atoms with van der Waals surface area (Å²) in [5.74, 6) is 0.313. The third-order valence-electron chi connectivity index (χ3n) is 4.32. The van der Waals surface area contributed by atoms with Crippen molar-refractivity contribution in [3.05, 3.63) is 53.1 Å². The first-order chi connectivity index (χ1) is 14.8. The molecular weight excluding hydrogens is 442 g/mol. The maximum absolute atomic E-state index is 13.3. The quantitative estimate of drug-likeness (QED) is 0.427.